The van der Waals surface area contributed by atoms with Crippen molar-refractivity contribution in [2.24, 2.45) is 5.92 Å². The van der Waals surface area contributed by atoms with Gasteiger partial charge in [0.05, 0.1) is 29.1 Å². The Morgan fingerprint density at radius 1 is 1.14 bits per heavy atom. The van der Waals surface area contributed by atoms with E-state index in [4.69, 9.17) is 11.6 Å². The largest absolute Gasteiger partial charge is 0.355 e. The Balaban J connectivity index is 1.47. The van der Waals surface area contributed by atoms with Crippen LogP contribution in [0, 0.1) is 5.92 Å². The minimum atomic E-state index is -2.67. The molecular weight excluding hydrogens is 632 g/mol. The molecule has 4 aromatic rings. The molecule has 1 saturated carbocycles. The van der Waals surface area contributed by atoms with Gasteiger partial charge in [-0.25, -0.2) is 13.3 Å². The van der Waals surface area contributed by atoms with Gasteiger partial charge in [0.25, 0.3) is 17.4 Å². The third-order valence-electron chi connectivity index (χ3n) is 8.17. The van der Waals surface area contributed by atoms with Crippen LogP contribution in [0.4, 0.5) is 8.78 Å². The molecule has 0 bridgehead atoms. The molecule has 12 heteroatoms. The molecule has 1 aliphatic heterocycles. The Kier molecular flexibility index (Phi) is 7.21. The van der Waals surface area contributed by atoms with E-state index in [9.17, 15) is 23.2 Å². The molecule has 2 amide bonds. The molecule has 218 valence electrons. The first-order valence-corrected chi connectivity index (χ1v) is 14.7. The van der Waals surface area contributed by atoms with E-state index in [-0.39, 0.29) is 48.7 Å². The maximum absolute atomic E-state index is 14.2. The van der Waals surface area contributed by atoms with Gasteiger partial charge in [-0.1, -0.05) is 11.6 Å². The number of halogens is 4. The SMILES string of the molecule is CNC(=O)c1ccc(-n2c(=O)c3c(n4ncc(CC5CC(F)(F)C5)c24)CN(C(=O)c2ccc(Br)c(Cl)c2)C(C)C3)cc1. The standard InChI is InChI=1S/C30H27BrClF2N5O3/c1-16-9-22-25(15-37(16)28(41)19-5-8-23(31)24(32)11-19)39-27(20(14-36-39)10-17-12-30(33,34)13-17)38(29(22)42)21-6-3-18(4-7-21)26(40)35-2/h3-8,11,14,16-17H,9-10,12-13,15H2,1-2H3,(H,35,40). The highest BCUT2D eigenvalue weighted by molar-refractivity contribution is 9.10. The first-order valence-electron chi connectivity index (χ1n) is 13.6. The average Bonchev–Trinajstić information content (AvgIpc) is 3.36. The van der Waals surface area contributed by atoms with E-state index in [2.05, 4.69) is 26.3 Å². The van der Waals surface area contributed by atoms with Gasteiger partial charge in [0, 0.05) is 52.7 Å². The second kappa shape index (κ2) is 10.6. The highest BCUT2D eigenvalue weighted by Gasteiger charge is 2.45. The molecular formula is C30H27BrClF2N5O3. The zero-order valence-corrected chi connectivity index (χ0v) is 25.2. The minimum Gasteiger partial charge on any atom is -0.355 e. The number of amides is 2. The number of fused-ring (bicyclic) bond motifs is 3. The number of hydrogen-bond donors (Lipinski definition) is 1. The summed E-state index contributed by atoms with van der Waals surface area (Å²) in [7, 11) is 1.54. The van der Waals surface area contributed by atoms with E-state index in [1.165, 1.54) is 7.05 Å². The maximum atomic E-state index is 14.2. The topological polar surface area (TPSA) is 88.7 Å². The lowest BCUT2D eigenvalue weighted by Crippen LogP contribution is -2.46. The van der Waals surface area contributed by atoms with Crippen LogP contribution in [0.15, 0.2) is 57.9 Å². The fraction of sp³-hybridized carbons (Fsp3) is 0.333. The summed E-state index contributed by atoms with van der Waals surface area (Å²) in [5.41, 5.74) is 3.35. The number of aromatic nitrogens is 3. The van der Waals surface area contributed by atoms with Gasteiger partial charge in [0.2, 0.25) is 5.92 Å². The summed E-state index contributed by atoms with van der Waals surface area (Å²) in [4.78, 5) is 41.6. The highest BCUT2D eigenvalue weighted by atomic mass is 79.9. The predicted molar refractivity (Wildman–Crippen MR) is 158 cm³/mol. The first-order chi connectivity index (χ1) is 20.0. The van der Waals surface area contributed by atoms with Gasteiger partial charge in [-0.2, -0.15) is 5.10 Å². The van der Waals surface area contributed by atoms with Crippen molar-refractivity contribution in [1.29, 1.82) is 0 Å². The van der Waals surface area contributed by atoms with Crippen molar-refractivity contribution in [2.75, 3.05) is 7.05 Å². The van der Waals surface area contributed by atoms with Crippen LogP contribution in [0.2, 0.25) is 5.02 Å². The lowest BCUT2D eigenvalue weighted by molar-refractivity contribution is -0.109. The van der Waals surface area contributed by atoms with E-state index in [0.29, 0.717) is 61.6 Å². The van der Waals surface area contributed by atoms with E-state index < -0.39 is 5.92 Å². The first kappa shape index (κ1) is 28.5. The van der Waals surface area contributed by atoms with Crippen LogP contribution in [0.5, 0.6) is 0 Å². The van der Waals surface area contributed by atoms with Gasteiger partial charge in [-0.15, -0.1) is 0 Å². The molecule has 6 rings (SSSR count). The van der Waals surface area contributed by atoms with Crippen LogP contribution in [0.3, 0.4) is 0 Å². The molecule has 0 radical (unpaired) electrons. The Morgan fingerprint density at radius 2 is 1.83 bits per heavy atom. The molecule has 1 N–H and O–H groups in total. The lowest BCUT2D eigenvalue weighted by Gasteiger charge is -2.36. The van der Waals surface area contributed by atoms with Crippen molar-refractivity contribution in [3.63, 3.8) is 0 Å². The maximum Gasteiger partial charge on any atom is 0.261 e. The molecule has 1 fully saturated rings. The Hall–Kier alpha value is -3.57. The van der Waals surface area contributed by atoms with E-state index in [1.54, 1.807) is 62.6 Å². The van der Waals surface area contributed by atoms with Gasteiger partial charge in [-0.05, 0) is 84.1 Å². The van der Waals surface area contributed by atoms with Gasteiger partial charge < -0.3 is 10.2 Å². The van der Waals surface area contributed by atoms with Crippen molar-refractivity contribution >= 4 is 45.0 Å². The zero-order valence-electron chi connectivity index (χ0n) is 22.8. The van der Waals surface area contributed by atoms with Crippen LogP contribution in [0.25, 0.3) is 11.3 Å². The van der Waals surface area contributed by atoms with Gasteiger partial charge in [-0.3, -0.25) is 19.0 Å². The minimum absolute atomic E-state index is 0.133. The average molecular weight is 659 g/mol. The number of alkyl halides is 2. The normalized spacial score (nSPS) is 18.0. The Bertz CT molecular complexity index is 1800. The summed E-state index contributed by atoms with van der Waals surface area (Å²) in [6.45, 7) is 2.02. The molecule has 3 heterocycles. The summed E-state index contributed by atoms with van der Waals surface area (Å²) in [5.74, 6) is -3.39. The number of nitrogens with zero attached hydrogens (tertiary/aromatic N) is 4. The summed E-state index contributed by atoms with van der Waals surface area (Å²) >= 11 is 9.61. The number of carbonyl (C=O) groups is 2. The molecule has 1 unspecified atom stereocenters. The fourth-order valence-corrected chi connectivity index (χ4v) is 6.41. The van der Waals surface area contributed by atoms with Gasteiger partial charge in [0.1, 0.15) is 5.65 Å². The molecule has 2 aromatic heterocycles. The number of rotatable bonds is 5. The summed E-state index contributed by atoms with van der Waals surface area (Å²) in [6.07, 6.45) is 1.83. The van der Waals surface area contributed by atoms with Crippen LogP contribution in [-0.2, 0) is 19.4 Å². The predicted octanol–water partition coefficient (Wildman–Crippen LogP) is 5.44. The van der Waals surface area contributed by atoms with Crippen molar-refractivity contribution in [3.05, 3.63) is 96.5 Å². The zero-order chi connectivity index (χ0) is 29.9. The summed E-state index contributed by atoms with van der Waals surface area (Å²) in [6, 6.07) is 11.3. The molecule has 0 saturated heterocycles. The lowest BCUT2D eigenvalue weighted by atomic mass is 9.78. The van der Waals surface area contributed by atoms with Gasteiger partial charge >= 0.3 is 0 Å². The summed E-state index contributed by atoms with van der Waals surface area (Å²) in [5, 5.41) is 7.62. The van der Waals surface area contributed by atoms with E-state index >= 15 is 0 Å². The smallest absolute Gasteiger partial charge is 0.261 e. The Labute approximate surface area is 253 Å². The van der Waals surface area contributed by atoms with E-state index in [1.807, 2.05) is 6.92 Å². The molecule has 1 aliphatic carbocycles. The van der Waals surface area contributed by atoms with Crippen molar-refractivity contribution in [3.8, 4) is 5.69 Å². The Morgan fingerprint density at radius 3 is 2.48 bits per heavy atom. The highest BCUT2D eigenvalue weighted by Crippen LogP contribution is 2.44. The third kappa shape index (κ3) is 4.92. The van der Waals surface area contributed by atoms with Crippen LogP contribution < -0.4 is 10.9 Å². The quantitative estimate of drug-likeness (QED) is 0.310. The monoisotopic (exact) mass is 657 g/mol. The summed E-state index contributed by atoms with van der Waals surface area (Å²) < 4.78 is 31.3. The van der Waals surface area contributed by atoms with E-state index in [0.717, 1.165) is 0 Å². The fourth-order valence-electron chi connectivity index (χ4n) is 5.98. The van der Waals surface area contributed by atoms with Crippen molar-refractivity contribution < 1.29 is 18.4 Å². The van der Waals surface area contributed by atoms with Crippen LogP contribution in [-0.4, -0.2) is 49.9 Å². The second-order valence-corrected chi connectivity index (χ2v) is 12.3. The second-order valence-electron chi connectivity index (χ2n) is 11.0. The third-order valence-corrected chi connectivity index (χ3v) is 9.40. The van der Waals surface area contributed by atoms with Gasteiger partial charge in [0.15, 0.2) is 0 Å². The van der Waals surface area contributed by atoms with Crippen LogP contribution in [0.1, 0.15) is 57.3 Å². The van der Waals surface area contributed by atoms with Crippen molar-refractivity contribution in [2.45, 2.75) is 51.1 Å². The molecule has 2 aromatic carbocycles. The molecule has 42 heavy (non-hydrogen) atoms. The number of hydrogen-bond acceptors (Lipinski definition) is 4. The number of carbonyl (C=O) groups excluding carboxylic acids is 2. The van der Waals surface area contributed by atoms with Crippen LogP contribution >= 0.6 is 27.5 Å². The van der Waals surface area contributed by atoms with Crippen molar-refractivity contribution in [1.82, 2.24) is 24.4 Å². The molecule has 8 nitrogen and oxygen atoms in total. The molecule has 2 aliphatic rings. The number of nitrogens with one attached hydrogen (secondary N) is 1. The molecule has 1 atom stereocenters. The number of benzene rings is 2. The molecule has 0 spiro atoms.